The van der Waals surface area contributed by atoms with Crippen molar-refractivity contribution in [2.45, 2.75) is 25.8 Å². The van der Waals surface area contributed by atoms with Crippen LogP contribution >= 0.6 is 11.6 Å². The van der Waals surface area contributed by atoms with Gasteiger partial charge in [-0.15, -0.1) is 0 Å². The van der Waals surface area contributed by atoms with Gasteiger partial charge in [0.2, 0.25) is 5.91 Å². The van der Waals surface area contributed by atoms with Crippen LogP contribution in [0, 0.1) is 0 Å². The summed E-state index contributed by atoms with van der Waals surface area (Å²) in [6.07, 6.45) is 0.241. The summed E-state index contributed by atoms with van der Waals surface area (Å²) in [5.74, 6) is 0.493. The number of hydrogen-bond acceptors (Lipinski definition) is 3. The third kappa shape index (κ3) is 4.40. The number of benzene rings is 1. The van der Waals surface area contributed by atoms with Crippen LogP contribution in [0.1, 0.15) is 20.3 Å². The van der Waals surface area contributed by atoms with Crippen molar-refractivity contribution in [2.75, 3.05) is 20.3 Å². The minimum atomic E-state index is -0.568. The lowest BCUT2D eigenvalue weighted by Crippen LogP contribution is -2.47. The third-order valence-corrected chi connectivity index (χ3v) is 3.39. The molecule has 1 aromatic carbocycles. The fraction of sp³-hybridized carbons (Fsp3) is 0.500. The Balaban J connectivity index is 2.46. The van der Waals surface area contributed by atoms with E-state index in [-0.39, 0.29) is 25.5 Å². The molecule has 0 aliphatic rings. The van der Waals surface area contributed by atoms with Crippen molar-refractivity contribution in [3.8, 4) is 5.75 Å². The van der Waals surface area contributed by atoms with Gasteiger partial charge < -0.3 is 14.7 Å². The molecule has 1 N–H and O–H groups in total. The van der Waals surface area contributed by atoms with E-state index in [9.17, 15) is 9.90 Å². The van der Waals surface area contributed by atoms with E-state index in [1.807, 2.05) is 12.1 Å². The highest BCUT2D eigenvalue weighted by atomic mass is 35.5. The highest BCUT2D eigenvalue weighted by Crippen LogP contribution is 2.23. The van der Waals surface area contributed by atoms with Crippen molar-refractivity contribution in [3.05, 3.63) is 29.3 Å². The monoisotopic (exact) mass is 285 g/mol. The maximum atomic E-state index is 11.9. The molecular formula is C14H20ClNO3. The Bertz CT molecular complexity index is 434. The second-order valence-corrected chi connectivity index (χ2v) is 5.36. The van der Waals surface area contributed by atoms with Gasteiger partial charge in [0.25, 0.3) is 0 Å². The predicted octanol–water partition coefficient (Wildman–Crippen LogP) is 2.34. The number of rotatable bonds is 6. The van der Waals surface area contributed by atoms with Gasteiger partial charge in [0.1, 0.15) is 5.75 Å². The molecule has 0 bridgehead atoms. The topological polar surface area (TPSA) is 49.8 Å². The molecule has 0 atom stereocenters. The number of carbonyl (C=O) groups excluding carboxylic acids is 1. The minimum absolute atomic E-state index is 0.0777. The SMILES string of the molecule is CN(C(=O)CCOc1ccccc1Cl)C(C)(C)CO. The first-order valence-corrected chi connectivity index (χ1v) is 6.51. The first-order chi connectivity index (χ1) is 8.88. The van der Waals surface area contributed by atoms with Crippen molar-refractivity contribution in [2.24, 2.45) is 0 Å². The van der Waals surface area contributed by atoms with Gasteiger partial charge in [-0.05, 0) is 26.0 Å². The number of likely N-dealkylation sites (N-methyl/N-ethyl adjacent to an activating group) is 1. The van der Waals surface area contributed by atoms with Crippen molar-refractivity contribution >= 4 is 17.5 Å². The number of aliphatic hydroxyl groups excluding tert-OH is 1. The van der Waals surface area contributed by atoms with Crippen LogP contribution in [0.3, 0.4) is 0 Å². The van der Waals surface area contributed by atoms with Crippen LogP contribution in [-0.2, 0) is 4.79 Å². The molecule has 0 saturated heterocycles. The van der Waals surface area contributed by atoms with Gasteiger partial charge >= 0.3 is 0 Å². The van der Waals surface area contributed by atoms with Crippen LogP contribution in [0.25, 0.3) is 0 Å². The summed E-state index contributed by atoms with van der Waals surface area (Å²) in [6, 6.07) is 7.13. The molecule has 19 heavy (non-hydrogen) atoms. The molecule has 0 aromatic heterocycles. The van der Waals surface area contributed by atoms with E-state index in [1.54, 1.807) is 33.0 Å². The van der Waals surface area contributed by atoms with Crippen LogP contribution in [0.4, 0.5) is 0 Å². The van der Waals surface area contributed by atoms with Gasteiger partial charge in [-0.1, -0.05) is 23.7 Å². The van der Waals surface area contributed by atoms with Crippen molar-refractivity contribution in [3.63, 3.8) is 0 Å². The maximum absolute atomic E-state index is 11.9. The first kappa shape index (κ1) is 15.8. The minimum Gasteiger partial charge on any atom is -0.491 e. The van der Waals surface area contributed by atoms with E-state index in [4.69, 9.17) is 16.3 Å². The molecule has 0 radical (unpaired) electrons. The largest absolute Gasteiger partial charge is 0.491 e. The fourth-order valence-corrected chi connectivity index (χ4v) is 1.61. The Kier molecular flexibility index (Phi) is 5.63. The standard InChI is InChI=1S/C14H20ClNO3/c1-14(2,10-17)16(3)13(18)8-9-19-12-7-5-4-6-11(12)15/h4-7,17H,8-10H2,1-3H3. The maximum Gasteiger partial charge on any atom is 0.226 e. The van der Waals surface area contributed by atoms with Gasteiger partial charge in [0.15, 0.2) is 0 Å². The molecule has 1 aromatic rings. The van der Waals surface area contributed by atoms with Crippen LogP contribution in [0.15, 0.2) is 24.3 Å². The zero-order valence-electron chi connectivity index (χ0n) is 11.5. The van der Waals surface area contributed by atoms with Gasteiger partial charge in [0.05, 0.1) is 30.2 Å². The Hall–Kier alpha value is -1.26. The van der Waals surface area contributed by atoms with E-state index in [1.165, 1.54) is 4.90 Å². The number of nitrogens with zero attached hydrogens (tertiary/aromatic N) is 1. The van der Waals surface area contributed by atoms with E-state index >= 15 is 0 Å². The van der Waals surface area contributed by atoms with E-state index in [0.717, 1.165) is 0 Å². The Morgan fingerprint density at radius 3 is 2.63 bits per heavy atom. The van der Waals surface area contributed by atoms with Crippen LogP contribution < -0.4 is 4.74 Å². The van der Waals surface area contributed by atoms with Gasteiger partial charge in [-0.2, -0.15) is 0 Å². The van der Waals surface area contributed by atoms with Crippen LogP contribution in [0.5, 0.6) is 5.75 Å². The zero-order valence-corrected chi connectivity index (χ0v) is 12.3. The van der Waals surface area contributed by atoms with Crippen molar-refractivity contribution in [1.29, 1.82) is 0 Å². The van der Waals surface area contributed by atoms with E-state index in [0.29, 0.717) is 10.8 Å². The molecule has 1 amide bonds. The Morgan fingerprint density at radius 1 is 1.42 bits per heavy atom. The first-order valence-electron chi connectivity index (χ1n) is 6.13. The van der Waals surface area contributed by atoms with Crippen LogP contribution in [0.2, 0.25) is 5.02 Å². The van der Waals surface area contributed by atoms with Gasteiger partial charge in [-0.3, -0.25) is 4.79 Å². The van der Waals surface area contributed by atoms with E-state index in [2.05, 4.69) is 0 Å². The summed E-state index contributed by atoms with van der Waals surface area (Å²) >= 11 is 5.94. The number of para-hydroxylation sites is 1. The fourth-order valence-electron chi connectivity index (χ4n) is 1.42. The summed E-state index contributed by atoms with van der Waals surface area (Å²) in [5, 5.41) is 9.74. The number of amides is 1. The summed E-state index contributed by atoms with van der Waals surface area (Å²) in [7, 11) is 1.67. The summed E-state index contributed by atoms with van der Waals surface area (Å²) in [6.45, 7) is 3.79. The number of carbonyl (C=O) groups is 1. The molecule has 0 aliphatic carbocycles. The summed E-state index contributed by atoms with van der Waals surface area (Å²) in [4.78, 5) is 13.5. The van der Waals surface area contributed by atoms with Crippen molar-refractivity contribution in [1.82, 2.24) is 4.90 Å². The second-order valence-electron chi connectivity index (χ2n) is 4.95. The molecule has 1 rings (SSSR count). The lowest BCUT2D eigenvalue weighted by atomic mass is 10.0. The van der Waals surface area contributed by atoms with E-state index < -0.39 is 5.54 Å². The molecule has 0 saturated carbocycles. The number of hydrogen-bond donors (Lipinski definition) is 1. The number of aliphatic hydroxyl groups is 1. The lowest BCUT2D eigenvalue weighted by molar-refractivity contribution is -0.136. The number of halogens is 1. The molecular weight excluding hydrogens is 266 g/mol. The smallest absolute Gasteiger partial charge is 0.226 e. The van der Waals surface area contributed by atoms with Gasteiger partial charge in [-0.25, -0.2) is 0 Å². The normalized spacial score (nSPS) is 11.2. The zero-order chi connectivity index (χ0) is 14.5. The average Bonchev–Trinajstić information content (AvgIpc) is 2.39. The Morgan fingerprint density at radius 2 is 2.05 bits per heavy atom. The molecule has 0 heterocycles. The molecule has 4 nitrogen and oxygen atoms in total. The molecule has 0 spiro atoms. The quantitative estimate of drug-likeness (QED) is 0.873. The predicted molar refractivity (Wildman–Crippen MR) is 75.5 cm³/mol. The van der Waals surface area contributed by atoms with Crippen molar-refractivity contribution < 1.29 is 14.6 Å². The second kappa shape index (κ2) is 6.78. The molecule has 0 fully saturated rings. The lowest BCUT2D eigenvalue weighted by Gasteiger charge is -2.34. The third-order valence-electron chi connectivity index (χ3n) is 3.08. The molecule has 106 valence electrons. The highest BCUT2D eigenvalue weighted by molar-refractivity contribution is 6.32. The number of ether oxygens (including phenoxy) is 1. The molecule has 0 aliphatic heterocycles. The summed E-state index contributed by atoms with van der Waals surface area (Å²) in [5.41, 5.74) is -0.568. The molecule has 5 heteroatoms. The molecule has 0 unspecified atom stereocenters. The van der Waals surface area contributed by atoms with Gasteiger partial charge in [0, 0.05) is 7.05 Å². The summed E-state index contributed by atoms with van der Waals surface area (Å²) < 4.78 is 5.46. The average molecular weight is 286 g/mol. The highest BCUT2D eigenvalue weighted by Gasteiger charge is 2.26. The Labute approximate surface area is 118 Å². The van der Waals surface area contributed by atoms with Crippen LogP contribution in [-0.4, -0.2) is 41.7 Å².